The Kier molecular flexibility index (Phi) is 7.42. The first-order chi connectivity index (χ1) is 19.2. The molecule has 0 aliphatic carbocycles. The highest BCUT2D eigenvalue weighted by Crippen LogP contribution is 2.36. The van der Waals surface area contributed by atoms with Gasteiger partial charge in [-0.05, 0) is 44.2 Å². The lowest BCUT2D eigenvalue weighted by Crippen LogP contribution is -2.40. The summed E-state index contributed by atoms with van der Waals surface area (Å²) >= 11 is 7.06. The van der Waals surface area contributed by atoms with Crippen LogP contribution in [0.25, 0.3) is 17.4 Å². The molecule has 1 atom stereocenters. The van der Waals surface area contributed by atoms with Crippen molar-refractivity contribution in [2.75, 3.05) is 13.7 Å². The summed E-state index contributed by atoms with van der Waals surface area (Å²) in [6.45, 7) is 3.56. The topological polar surface area (TPSA) is 126 Å². The molecule has 40 heavy (non-hydrogen) atoms. The summed E-state index contributed by atoms with van der Waals surface area (Å²) in [4.78, 5) is 42.8. The van der Waals surface area contributed by atoms with Crippen molar-refractivity contribution in [3.8, 4) is 17.1 Å². The number of para-hydroxylation sites is 1. The maximum atomic E-state index is 13.8. The summed E-state index contributed by atoms with van der Waals surface area (Å²) in [5.74, 6) is 0.474. The molecule has 0 saturated carbocycles. The van der Waals surface area contributed by atoms with E-state index in [1.807, 2.05) is 0 Å². The van der Waals surface area contributed by atoms with Gasteiger partial charge in [0, 0.05) is 22.7 Å². The second-order valence-corrected chi connectivity index (χ2v) is 10.1. The third kappa shape index (κ3) is 4.85. The quantitative estimate of drug-likeness (QED) is 0.177. The first-order valence-electron chi connectivity index (χ1n) is 12.1. The summed E-state index contributed by atoms with van der Waals surface area (Å²) in [5.41, 5.74) is 0.917. The van der Waals surface area contributed by atoms with Crippen LogP contribution in [0.4, 0.5) is 5.69 Å². The zero-order valence-corrected chi connectivity index (χ0v) is 23.1. The van der Waals surface area contributed by atoms with E-state index in [1.165, 1.54) is 36.0 Å². The molecule has 5 rings (SSSR count). The zero-order chi connectivity index (χ0) is 28.6. The van der Waals surface area contributed by atoms with Crippen LogP contribution in [0.1, 0.15) is 31.2 Å². The number of nitro benzene ring substituents is 1. The SMILES string of the molecule is CCOC(=O)C1=C(C)N=c2s/c(=C\c3ccc(-c4ccc(Cl)cc4[N+](=O)[O-])o3)c(=O)n2[C@@H]1c1ccccc1OC. The summed E-state index contributed by atoms with van der Waals surface area (Å²) in [6, 6.07) is 13.8. The van der Waals surface area contributed by atoms with E-state index in [4.69, 9.17) is 25.5 Å². The molecule has 12 heteroatoms. The predicted molar refractivity (Wildman–Crippen MR) is 149 cm³/mol. The van der Waals surface area contributed by atoms with Crippen molar-refractivity contribution in [1.29, 1.82) is 0 Å². The van der Waals surface area contributed by atoms with Crippen LogP contribution < -0.4 is 19.6 Å². The molecule has 0 unspecified atom stereocenters. The first-order valence-corrected chi connectivity index (χ1v) is 13.3. The third-order valence-corrected chi connectivity index (χ3v) is 7.49. The second-order valence-electron chi connectivity index (χ2n) is 8.66. The van der Waals surface area contributed by atoms with Crippen LogP contribution in [0.5, 0.6) is 5.75 Å². The van der Waals surface area contributed by atoms with E-state index < -0.39 is 22.5 Å². The summed E-state index contributed by atoms with van der Waals surface area (Å²) in [6.07, 6.45) is 1.54. The molecule has 0 spiro atoms. The molecular weight excluding hydrogens is 558 g/mol. The molecule has 3 heterocycles. The average Bonchev–Trinajstić information content (AvgIpc) is 3.52. The fraction of sp³-hybridized carbons (Fsp3) is 0.179. The lowest BCUT2D eigenvalue weighted by Gasteiger charge is -2.25. The number of hydrogen-bond donors (Lipinski definition) is 0. The molecule has 10 nitrogen and oxygen atoms in total. The van der Waals surface area contributed by atoms with Gasteiger partial charge in [0.1, 0.15) is 23.3 Å². The van der Waals surface area contributed by atoms with E-state index in [0.29, 0.717) is 32.1 Å². The number of ether oxygens (including phenoxy) is 2. The molecule has 0 radical (unpaired) electrons. The van der Waals surface area contributed by atoms with Crippen molar-refractivity contribution < 1.29 is 23.6 Å². The van der Waals surface area contributed by atoms with Crippen LogP contribution in [0.15, 0.2) is 80.1 Å². The van der Waals surface area contributed by atoms with Gasteiger partial charge in [0.2, 0.25) is 0 Å². The number of aromatic nitrogens is 1. The molecule has 4 aromatic rings. The van der Waals surface area contributed by atoms with Gasteiger partial charge >= 0.3 is 5.97 Å². The molecule has 204 valence electrons. The molecule has 0 bridgehead atoms. The van der Waals surface area contributed by atoms with Crippen molar-refractivity contribution in [3.05, 3.63) is 112 Å². The Morgan fingerprint density at radius 3 is 2.75 bits per heavy atom. The van der Waals surface area contributed by atoms with Gasteiger partial charge in [-0.15, -0.1) is 0 Å². The molecule has 2 aromatic heterocycles. The van der Waals surface area contributed by atoms with Gasteiger partial charge in [-0.25, -0.2) is 9.79 Å². The van der Waals surface area contributed by atoms with Crippen LogP contribution in [-0.2, 0) is 9.53 Å². The Bertz CT molecular complexity index is 1870. The van der Waals surface area contributed by atoms with Gasteiger partial charge in [0.05, 0.1) is 40.0 Å². The number of carbonyl (C=O) groups is 1. The highest BCUT2D eigenvalue weighted by atomic mass is 35.5. The number of benzene rings is 2. The number of rotatable bonds is 7. The Balaban J connectivity index is 1.66. The van der Waals surface area contributed by atoms with E-state index in [9.17, 15) is 19.7 Å². The van der Waals surface area contributed by atoms with Crippen LogP contribution >= 0.6 is 22.9 Å². The van der Waals surface area contributed by atoms with Crippen molar-refractivity contribution >= 4 is 40.7 Å². The number of nitro groups is 1. The molecule has 2 aromatic carbocycles. The van der Waals surface area contributed by atoms with Crippen LogP contribution in [0.2, 0.25) is 5.02 Å². The standard InChI is InChI=1S/C28H22ClN3O7S/c1-4-38-27(34)24-15(2)30-28-31(25(24)19-7-5-6-8-21(19)37-3)26(33)23(40-28)14-17-10-12-22(39-17)18-11-9-16(29)13-20(18)32(35)36/h5-14,25H,4H2,1-3H3/b23-14-/t25-/m1/s1. The van der Waals surface area contributed by atoms with Gasteiger partial charge in [0.15, 0.2) is 4.80 Å². The van der Waals surface area contributed by atoms with Gasteiger partial charge in [0.25, 0.3) is 11.2 Å². The van der Waals surface area contributed by atoms with Crippen LogP contribution in [-0.4, -0.2) is 29.2 Å². The summed E-state index contributed by atoms with van der Waals surface area (Å²) in [5, 5.41) is 11.8. The molecule has 0 N–H and O–H groups in total. The highest BCUT2D eigenvalue weighted by Gasteiger charge is 2.35. The van der Waals surface area contributed by atoms with Gasteiger partial charge in [-0.1, -0.05) is 41.1 Å². The fourth-order valence-electron chi connectivity index (χ4n) is 4.55. The molecular formula is C28H22ClN3O7S. The number of allylic oxidation sites excluding steroid dienone is 1. The molecule has 1 aliphatic rings. The maximum absolute atomic E-state index is 13.8. The van der Waals surface area contributed by atoms with E-state index in [0.717, 1.165) is 11.3 Å². The number of nitrogens with zero attached hydrogens (tertiary/aromatic N) is 3. The summed E-state index contributed by atoms with van der Waals surface area (Å²) in [7, 11) is 1.52. The Hall–Kier alpha value is -4.48. The number of esters is 1. The van der Waals surface area contributed by atoms with Gasteiger partial charge in [-0.2, -0.15) is 0 Å². The molecule has 0 amide bonds. The zero-order valence-electron chi connectivity index (χ0n) is 21.5. The lowest BCUT2D eigenvalue weighted by atomic mass is 9.95. The van der Waals surface area contributed by atoms with Gasteiger partial charge in [-0.3, -0.25) is 19.5 Å². The Labute approximate surface area is 236 Å². The number of furan rings is 1. The van der Waals surface area contributed by atoms with Gasteiger partial charge < -0.3 is 13.9 Å². The largest absolute Gasteiger partial charge is 0.496 e. The van der Waals surface area contributed by atoms with E-state index in [2.05, 4.69) is 4.99 Å². The van der Waals surface area contributed by atoms with E-state index in [-0.39, 0.29) is 34.2 Å². The highest BCUT2D eigenvalue weighted by molar-refractivity contribution is 7.07. The normalized spacial score (nSPS) is 15.0. The number of thiazole rings is 1. The predicted octanol–water partition coefficient (Wildman–Crippen LogP) is 4.63. The van der Waals surface area contributed by atoms with Crippen molar-refractivity contribution in [2.45, 2.75) is 19.9 Å². The number of fused-ring (bicyclic) bond motifs is 1. The smallest absolute Gasteiger partial charge is 0.338 e. The minimum atomic E-state index is -0.836. The number of hydrogen-bond acceptors (Lipinski definition) is 9. The van der Waals surface area contributed by atoms with Crippen molar-refractivity contribution in [2.24, 2.45) is 4.99 Å². The molecule has 1 aliphatic heterocycles. The number of carbonyl (C=O) groups excluding carboxylic acids is 1. The minimum absolute atomic E-state index is 0.158. The second kappa shape index (κ2) is 10.9. The van der Waals surface area contributed by atoms with E-state index >= 15 is 0 Å². The third-order valence-electron chi connectivity index (χ3n) is 6.27. The van der Waals surface area contributed by atoms with Crippen LogP contribution in [0.3, 0.4) is 0 Å². The van der Waals surface area contributed by atoms with Crippen molar-refractivity contribution in [3.63, 3.8) is 0 Å². The fourth-order valence-corrected chi connectivity index (χ4v) is 5.74. The molecule has 0 saturated heterocycles. The number of methoxy groups -OCH3 is 1. The monoisotopic (exact) mass is 579 g/mol. The maximum Gasteiger partial charge on any atom is 0.338 e. The first kappa shape index (κ1) is 27.1. The minimum Gasteiger partial charge on any atom is -0.496 e. The summed E-state index contributed by atoms with van der Waals surface area (Å²) < 4.78 is 18.5. The Morgan fingerprint density at radius 1 is 1.25 bits per heavy atom. The van der Waals surface area contributed by atoms with E-state index in [1.54, 1.807) is 50.2 Å². The molecule has 0 fully saturated rings. The average molecular weight is 580 g/mol. The van der Waals surface area contributed by atoms with Crippen molar-refractivity contribution in [1.82, 2.24) is 4.57 Å². The lowest BCUT2D eigenvalue weighted by molar-refractivity contribution is -0.384. The number of halogens is 1. The Morgan fingerprint density at radius 2 is 2.02 bits per heavy atom. The van der Waals surface area contributed by atoms with Crippen LogP contribution in [0, 0.1) is 10.1 Å².